The Hall–Kier alpha value is -3.08. The van der Waals surface area contributed by atoms with Crippen LogP contribution < -0.4 is 11.1 Å². The summed E-state index contributed by atoms with van der Waals surface area (Å²) in [7, 11) is 0. The summed E-state index contributed by atoms with van der Waals surface area (Å²) >= 11 is 0. The molecular formula is C16H13N5. The standard InChI is InChI=1S/C16H13N5/c17-11-2-4-14-13(7-11)16(20-9-19-14)21-12-3-1-10-5-6-18-15(10)8-12/h1-9,18H,17H2,(H,19,20,21). The average Bonchev–Trinajstić information content (AvgIpc) is 2.95. The lowest BCUT2D eigenvalue weighted by molar-refractivity contribution is 1.22. The van der Waals surface area contributed by atoms with Crippen molar-refractivity contribution in [3.63, 3.8) is 0 Å². The minimum absolute atomic E-state index is 0.695. The number of nitrogens with zero attached hydrogens (tertiary/aromatic N) is 2. The summed E-state index contributed by atoms with van der Waals surface area (Å²) in [6.07, 6.45) is 3.48. The lowest BCUT2D eigenvalue weighted by Crippen LogP contribution is -1.96. The Morgan fingerprint density at radius 2 is 1.95 bits per heavy atom. The topological polar surface area (TPSA) is 79.6 Å². The summed E-state index contributed by atoms with van der Waals surface area (Å²) in [6, 6.07) is 13.8. The molecule has 0 aliphatic rings. The fourth-order valence-electron chi connectivity index (χ4n) is 2.44. The van der Waals surface area contributed by atoms with Crippen molar-refractivity contribution in [2.75, 3.05) is 11.1 Å². The molecule has 0 aliphatic heterocycles. The Labute approximate surface area is 120 Å². The van der Waals surface area contributed by atoms with Gasteiger partial charge in [-0.15, -0.1) is 0 Å². The molecule has 2 heterocycles. The fourth-order valence-corrected chi connectivity index (χ4v) is 2.44. The summed E-state index contributed by atoms with van der Waals surface area (Å²) in [4.78, 5) is 11.8. The number of aromatic amines is 1. The Balaban J connectivity index is 1.81. The van der Waals surface area contributed by atoms with Crippen molar-refractivity contribution in [2.24, 2.45) is 0 Å². The van der Waals surface area contributed by atoms with Gasteiger partial charge < -0.3 is 16.0 Å². The van der Waals surface area contributed by atoms with Crippen LogP contribution in [0.4, 0.5) is 17.2 Å². The van der Waals surface area contributed by atoms with Crippen LogP contribution in [-0.2, 0) is 0 Å². The van der Waals surface area contributed by atoms with Gasteiger partial charge in [-0.3, -0.25) is 0 Å². The van der Waals surface area contributed by atoms with E-state index in [1.165, 1.54) is 5.39 Å². The molecule has 21 heavy (non-hydrogen) atoms. The third-order valence-corrected chi connectivity index (χ3v) is 3.48. The van der Waals surface area contributed by atoms with Crippen LogP contribution in [0.5, 0.6) is 0 Å². The zero-order valence-corrected chi connectivity index (χ0v) is 11.2. The van der Waals surface area contributed by atoms with Crippen LogP contribution in [0.2, 0.25) is 0 Å². The van der Waals surface area contributed by atoms with Crippen LogP contribution in [0, 0.1) is 0 Å². The smallest absolute Gasteiger partial charge is 0.141 e. The first-order chi connectivity index (χ1) is 10.3. The number of benzene rings is 2. The highest BCUT2D eigenvalue weighted by Gasteiger charge is 2.05. The minimum Gasteiger partial charge on any atom is -0.399 e. The van der Waals surface area contributed by atoms with E-state index in [9.17, 15) is 0 Å². The maximum atomic E-state index is 5.86. The second-order valence-corrected chi connectivity index (χ2v) is 4.90. The van der Waals surface area contributed by atoms with Crippen LogP contribution in [0.15, 0.2) is 55.0 Å². The molecule has 5 heteroatoms. The van der Waals surface area contributed by atoms with Crippen LogP contribution in [0.3, 0.4) is 0 Å². The molecule has 0 atom stereocenters. The number of hydrogen-bond acceptors (Lipinski definition) is 4. The normalized spacial score (nSPS) is 11.0. The number of fused-ring (bicyclic) bond motifs is 2. The Kier molecular flexibility index (Phi) is 2.50. The van der Waals surface area contributed by atoms with Gasteiger partial charge in [-0.25, -0.2) is 9.97 Å². The number of H-pyrrole nitrogens is 1. The molecule has 0 fully saturated rings. The van der Waals surface area contributed by atoms with Gasteiger partial charge in [0.2, 0.25) is 0 Å². The maximum absolute atomic E-state index is 5.86. The van der Waals surface area contributed by atoms with Crippen LogP contribution in [0.1, 0.15) is 0 Å². The Bertz CT molecular complexity index is 942. The fraction of sp³-hybridized carbons (Fsp3) is 0. The zero-order chi connectivity index (χ0) is 14.2. The summed E-state index contributed by atoms with van der Waals surface area (Å²) < 4.78 is 0. The molecular weight excluding hydrogens is 262 g/mol. The highest BCUT2D eigenvalue weighted by atomic mass is 15.0. The van der Waals surface area contributed by atoms with E-state index in [2.05, 4.69) is 32.4 Å². The van der Waals surface area contributed by atoms with Gasteiger partial charge in [0.15, 0.2) is 0 Å². The van der Waals surface area contributed by atoms with E-state index in [4.69, 9.17) is 5.73 Å². The number of aromatic nitrogens is 3. The first kappa shape index (κ1) is 11.7. The highest BCUT2D eigenvalue weighted by molar-refractivity contribution is 5.93. The maximum Gasteiger partial charge on any atom is 0.141 e. The molecule has 4 N–H and O–H groups in total. The molecule has 102 valence electrons. The van der Waals surface area contributed by atoms with Crippen molar-refractivity contribution in [2.45, 2.75) is 0 Å². The third kappa shape index (κ3) is 2.04. The molecule has 0 amide bonds. The number of nitrogen functional groups attached to an aromatic ring is 1. The molecule has 0 unspecified atom stereocenters. The molecule has 0 spiro atoms. The number of hydrogen-bond donors (Lipinski definition) is 3. The van der Waals surface area contributed by atoms with Crippen molar-refractivity contribution < 1.29 is 0 Å². The molecule has 0 bridgehead atoms. The molecule has 0 saturated carbocycles. The van der Waals surface area contributed by atoms with E-state index in [1.807, 2.05) is 36.5 Å². The van der Waals surface area contributed by atoms with E-state index >= 15 is 0 Å². The van der Waals surface area contributed by atoms with E-state index in [-0.39, 0.29) is 0 Å². The van der Waals surface area contributed by atoms with E-state index in [0.717, 1.165) is 27.9 Å². The van der Waals surface area contributed by atoms with Gasteiger partial charge in [-0.05, 0) is 41.8 Å². The summed E-state index contributed by atoms with van der Waals surface area (Å²) in [5.74, 6) is 0.748. The number of anilines is 3. The molecule has 2 aromatic heterocycles. The van der Waals surface area contributed by atoms with Crippen molar-refractivity contribution in [1.82, 2.24) is 15.0 Å². The second-order valence-electron chi connectivity index (χ2n) is 4.90. The van der Waals surface area contributed by atoms with E-state index < -0.39 is 0 Å². The summed E-state index contributed by atoms with van der Waals surface area (Å²) in [6.45, 7) is 0. The van der Waals surface area contributed by atoms with Gasteiger partial charge in [0, 0.05) is 28.5 Å². The number of nitrogens with one attached hydrogen (secondary N) is 2. The van der Waals surface area contributed by atoms with Crippen LogP contribution >= 0.6 is 0 Å². The molecule has 4 rings (SSSR count). The lowest BCUT2D eigenvalue weighted by atomic mass is 10.2. The number of nitrogens with two attached hydrogens (primary N) is 1. The molecule has 0 aliphatic carbocycles. The minimum atomic E-state index is 0.695. The first-order valence-corrected chi connectivity index (χ1v) is 6.64. The monoisotopic (exact) mass is 275 g/mol. The van der Waals surface area contributed by atoms with Crippen molar-refractivity contribution >= 4 is 39.0 Å². The third-order valence-electron chi connectivity index (χ3n) is 3.48. The van der Waals surface area contributed by atoms with Crippen molar-refractivity contribution in [3.05, 3.63) is 55.0 Å². The molecule has 5 nitrogen and oxygen atoms in total. The Morgan fingerprint density at radius 3 is 2.90 bits per heavy atom. The highest BCUT2D eigenvalue weighted by Crippen LogP contribution is 2.26. The molecule has 4 aromatic rings. The number of rotatable bonds is 2. The van der Waals surface area contributed by atoms with Crippen molar-refractivity contribution in [1.29, 1.82) is 0 Å². The first-order valence-electron chi connectivity index (χ1n) is 6.64. The predicted molar refractivity (Wildman–Crippen MR) is 85.5 cm³/mol. The second kappa shape index (κ2) is 4.49. The SMILES string of the molecule is Nc1ccc2ncnc(Nc3ccc4cc[nH]c4c3)c2c1. The van der Waals surface area contributed by atoms with Gasteiger partial charge >= 0.3 is 0 Å². The van der Waals surface area contributed by atoms with E-state index in [1.54, 1.807) is 6.33 Å². The largest absolute Gasteiger partial charge is 0.399 e. The molecule has 0 radical (unpaired) electrons. The molecule has 0 saturated heterocycles. The van der Waals surface area contributed by atoms with Crippen LogP contribution in [-0.4, -0.2) is 15.0 Å². The van der Waals surface area contributed by atoms with Gasteiger partial charge in [-0.2, -0.15) is 0 Å². The lowest BCUT2D eigenvalue weighted by Gasteiger charge is -2.09. The van der Waals surface area contributed by atoms with E-state index in [0.29, 0.717) is 5.69 Å². The van der Waals surface area contributed by atoms with Gasteiger partial charge in [-0.1, -0.05) is 6.07 Å². The van der Waals surface area contributed by atoms with Gasteiger partial charge in [0.05, 0.1) is 5.52 Å². The van der Waals surface area contributed by atoms with Crippen LogP contribution in [0.25, 0.3) is 21.8 Å². The van der Waals surface area contributed by atoms with Gasteiger partial charge in [0.1, 0.15) is 12.1 Å². The predicted octanol–water partition coefficient (Wildman–Crippen LogP) is 3.44. The Morgan fingerprint density at radius 1 is 1.00 bits per heavy atom. The summed E-state index contributed by atoms with van der Waals surface area (Å²) in [5, 5.41) is 5.41. The quantitative estimate of drug-likeness (QED) is 0.490. The van der Waals surface area contributed by atoms with Gasteiger partial charge in [0.25, 0.3) is 0 Å². The average molecular weight is 275 g/mol. The molecule has 2 aromatic carbocycles. The zero-order valence-electron chi connectivity index (χ0n) is 11.2. The van der Waals surface area contributed by atoms with Crippen molar-refractivity contribution in [3.8, 4) is 0 Å². The summed E-state index contributed by atoms with van der Waals surface area (Å²) in [5.41, 5.74) is 9.46.